The second kappa shape index (κ2) is 8.08. The lowest BCUT2D eigenvalue weighted by Gasteiger charge is -2.13. The summed E-state index contributed by atoms with van der Waals surface area (Å²) in [6.07, 6.45) is 1.84. The van der Waals surface area contributed by atoms with Crippen LogP contribution in [0.3, 0.4) is 0 Å². The first-order valence-electron chi connectivity index (χ1n) is 7.45. The summed E-state index contributed by atoms with van der Waals surface area (Å²) in [6.45, 7) is 2.46. The van der Waals surface area contributed by atoms with E-state index in [1.807, 2.05) is 6.92 Å². The fourth-order valence-corrected chi connectivity index (χ4v) is 3.53. The van der Waals surface area contributed by atoms with Crippen LogP contribution >= 0.6 is 23.2 Å². The molecule has 0 radical (unpaired) electrons. The van der Waals surface area contributed by atoms with Crippen LogP contribution in [0.2, 0.25) is 10.0 Å². The van der Waals surface area contributed by atoms with Gasteiger partial charge in [0.1, 0.15) is 5.75 Å². The van der Waals surface area contributed by atoms with Gasteiger partial charge in [-0.25, -0.2) is 8.42 Å². The average Bonchev–Trinajstić information content (AvgIpc) is 2.53. The van der Waals surface area contributed by atoms with E-state index in [-0.39, 0.29) is 15.5 Å². The highest BCUT2D eigenvalue weighted by Gasteiger charge is 2.17. The first-order chi connectivity index (χ1) is 11.7. The summed E-state index contributed by atoms with van der Waals surface area (Å²) in [4.78, 5) is 12.4. The van der Waals surface area contributed by atoms with Gasteiger partial charge in [0.2, 0.25) is 0 Å². The molecule has 0 fully saturated rings. The van der Waals surface area contributed by atoms with Gasteiger partial charge in [0.25, 0.3) is 5.91 Å². The van der Waals surface area contributed by atoms with Crippen LogP contribution in [0.4, 0.5) is 5.69 Å². The van der Waals surface area contributed by atoms with Crippen molar-refractivity contribution < 1.29 is 17.9 Å². The van der Waals surface area contributed by atoms with E-state index in [9.17, 15) is 13.2 Å². The van der Waals surface area contributed by atoms with Crippen molar-refractivity contribution in [3.63, 3.8) is 0 Å². The summed E-state index contributed by atoms with van der Waals surface area (Å²) >= 11 is 11.9. The van der Waals surface area contributed by atoms with Crippen molar-refractivity contribution >= 4 is 44.6 Å². The zero-order valence-electron chi connectivity index (χ0n) is 13.7. The SMILES string of the molecule is CCCOc1ccc(Cl)cc1NC(=O)c1ccc(Cl)c(S(C)(=O)=O)c1. The van der Waals surface area contributed by atoms with E-state index >= 15 is 0 Å². The van der Waals surface area contributed by atoms with Gasteiger partial charge in [-0.2, -0.15) is 0 Å². The van der Waals surface area contributed by atoms with Crippen LogP contribution in [-0.2, 0) is 9.84 Å². The van der Waals surface area contributed by atoms with E-state index in [0.29, 0.717) is 23.1 Å². The molecule has 0 aliphatic carbocycles. The molecule has 0 heterocycles. The summed E-state index contributed by atoms with van der Waals surface area (Å²) in [5.74, 6) is -0.0120. The third-order valence-electron chi connectivity index (χ3n) is 3.24. The second-order valence-corrected chi connectivity index (χ2v) is 8.19. The molecule has 2 aromatic carbocycles. The van der Waals surface area contributed by atoms with E-state index in [0.717, 1.165) is 12.7 Å². The Labute approximate surface area is 156 Å². The molecule has 0 saturated carbocycles. The molecule has 8 heteroatoms. The fourth-order valence-electron chi connectivity index (χ4n) is 2.06. The molecule has 0 aromatic heterocycles. The van der Waals surface area contributed by atoms with Crippen LogP contribution in [0.15, 0.2) is 41.3 Å². The molecule has 0 aliphatic heterocycles. The number of anilines is 1. The van der Waals surface area contributed by atoms with E-state index in [4.69, 9.17) is 27.9 Å². The van der Waals surface area contributed by atoms with Crippen LogP contribution < -0.4 is 10.1 Å². The van der Waals surface area contributed by atoms with Gasteiger partial charge in [0.05, 0.1) is 22.2 Å². The van der Waals surface area contributed by atoms with Gasteiger partial charge in [-0.15, -0.1) is 0 Å². The molecule has 134 valence electrons. The lowest BCUT2D eigenvalue weighted by molar-refractivity contribution is 0.102. The van der Waals surface area contributed by atoms with Crippen molar-refractivity contribution in [1.29, 1.82) is 0 Å². The van der Waals surface area contributed by atoms with Crippen LogP contribution in [0, 0.1) is 0 Å². The molecule has 1 amide bonds. The number of rotatable bonds is 6. The van der Waals surface area contributed by atoms with Crippen LogP contribution in [0.25, 0.3) is 0 Å². The number of hydrogen-bond acceptors (Lipinski definition) is 4. The van der Waals surface area contributed by atoms with Crippen LogP contribution in [-0.4, -0.2) is 27.2 Å². The van der Waals surface area contributed by atoms with Crippen molar-refractivity contribution in [1.82, 2.24) is 0 Å². The maximum atomic E-state index is 12.5. The molecule has 1 N–H and O–H groups in total. The van der Waals surface area contributed by atoms with Crippen LogP contribution in [0.1, 0.15) is 23.7 Å². The summed E-state index contributed by atoms with van der Waals surface area (Å²) in [7, 11) is -3.55. The Morgan fingerprint density at radius 3 is 2.52 bits per heavy atom. The number of nitrogens with one attached hydrogen (secondary N) is 1. The molecule has 0 atom stereocenters. The largest absolute Gasteiger partial charge is 0.491 e. The molecule has 25 heavy (non-hydrogen) atoms. The molecule has 0 saturated heterocycles. The number of carbonyl (C=O) groups excluding carboxylic acids is 1. The Morgan fingerprint density at radius 1 is 1.16 bits per heavy atom. The lowest BCUT2D eigenvalue weighted by atomic mass is 10.2. The molecule has 0 spiro atoms. The Balaban J connectivity index is 2.33. The zero-order chi connectivity index (χ0) is 18.6. The normalized spacial score (nSPS) is 11.2. The quantitative estimate of drug-likeness (QED) is 0.776. The minimum atomic E-state index is -3.55. The van der Waals surface area contributed by atoms with Gasteiger partial charge < -0.3 is 10.1 Å². The first-order valence-corrected chi connectivity index (χ1v) is 10.1. The van der Waals surface area contributed by atoms with Crippen molar-refractivity contribution in [2.45, 2.75) is 18.2 Å². The summed E-state index contributed by atoms with van der Waals surface area (Å²) < 4.78 is 29.1. The highest BCUT2D eigenvalue weighted by atomic mass is 35.5. The standard InChI is InChI=1S/C17H17Cl2NO4S/c1-3-8-24-15-7-5-12(18)10-14(15)20-17(21)11-4-6-13(19)16(9-11)25(2,22)23/h4-7,9-10H,3,8H2,1-2H3,(H,20,21). The predicted molar refractivity (Wildman–Crippen MR) is 99.8 cm³/mol. The van der Waals surface area contributed by atoms with Gasteiger partial charge in [-0.1, -0.05) is 30.1 Å². The van der Waals surface area contributed by atoms with Gasteiger partial charge in [0, 0.05) is 16.8 Å². The summed E-state index contributed by atoms with van der Waals surface area (Å²) in [5.41, 5.74) is 0.563. The monoisotopic (exact) mass is 401 g/mol. The highest BCUT2D eigenvalue weighted by Crippen LogP contribution is 2.29. The summed E-state index contributed by atoms with van der Waals surface area (Å²) in [5, 5.41) is 3.19. The van der Waals surface area contributed by atoms with Crippen molar-refractivity contribution in [2.24, 2.45) is 0 Å². The lowest BCUT2D eigenvalue weighted by Crippen LogP contribution is -2.14. The number of hydrogen-bond donors (Lipinski definition) is 1. The zero-order valence-corrected chi connectivity index (χ0v) is 16.0. The van der Waals surface area contributed by atoms with Crippen molar-refractivity contribution in [3.8, 4) is 5.75 Å². The molecule has 0 bridgehead atoms. The average molecular weight is 402 g/mol. The summed E-state index contributed by atoms with van der Waals surface area (Å²) in [6, 6.07) is 8.95. The van der Waals surface area contributed by atoms with E-state index in [1.165, 1.54) is 18.2 Å². The van der Waals surface area contributed by atoms with Gasteiger partial charge >= 0.3 is 0 Å². The fraction of sp³-hybridized carbons (Fsp3) is 0.235. The molecular formula is C17H17Cl2NO4S. The van der Waals surface area contributed by atoms with Crippen molar-refractivity contribution in [2.75, 3.05) is 18.2 Å². The van der Waals surface area contributed by atoms with E-state index < -0.39 is 15.7 Å². The smallest absolute Gasteiger partial charge is 0.255 e. The Bertz CT molecular complexity index is 898. The molecule has 0 aliphatic rings. The van der Waals surface area contributed by atoms with Gasteiger partial charge in [-0.05, 0) is 42.8 Å². The minimum Gasteiger partial charge on any atom is -0.491 e. The number of benzene rings is 2. The first kappa shape index (κ1) is 19.6. The Hall–Kier alpha value is -1.76. The maximum Gasteiger partial charge on any atom is 0.255 e. The third kappa shape index (κ3) is 5.11. The third-order valence-corrected chi connectivity index (χ3v) is 5.06. The molecule has 2 rings (SSSR count). The maximum absolute atomic E-state index is 12.5. The molecular weight excluding hydrogens is 385 g/mol. The number of sulfone groups is 1. The highest BCUT2D eigenvalue weighted by molar-refractivity contribution is 7.90. The molecule has 5 nitrogen and oxygen atoms in total. The molecule has 2 aromatic rings. The van der Waals surface area contributed by atoms with E-state index in [1.54, 1.807) is 18.2 Å². The second-order valence-electron chi connectivity index (χ2n) is 5.36. The predicted octanol–water partition coefficient (Wildman–Crippen LogP) is 4.44. The number of halogens is 2. The molecule has 0 unspecified atom stereocenters. The van der Waals surface area contributed by atoms with E-state index in [2.05, 4.69) is 5.32 Å². The Kier molecular flexibility index (Phi) is 6.32. The van der Waals surface area contributed by atoms with Gasteiger partial charge in [-0.3, -0.25) is 4.79 Å². The number of amides is 1. The minimum absolute atomic E-state index is 0.0637. The Morgan fingerprint density at radius 2 is 1.88 bits per heavy atom. The topological polar surface area (TPSA) is 72.5 Å². The number of ether oxygens (including phenoxy) is 1. The van der Waals surface area contributed by atoms with Crippen LogP contribution in [0.5, 0.6) is 5.75 Å². The van der Waals surface area contributed by atoms with Crippen molar-refractivity contribution in [3.05, 3.63) is 52.0 Å². The number of carbonyl (C=O) groups is 1. The van der Waals surface area contributed by atoms with Gasteiger partial charge in [0.15, 0.2) is 9.84 Å².